The maximum absolute atomic E-state index is 12.0. The largest absolute Gasteiger partial charge is 0.481 e. The third kappa shape index (κ3) is 1.83. The lowest BCUT2D eigenvalue weighted by atomic mass is 10.0. The quantitative estimate of drug-likeness (QED) is 0.779. The molecule has 0 aromatic carbocycles. The molecule has 4 nitrogen and oxygen atoms in total. The van der Waals surface area contributed by atoms with Gasteiger partial charge < -0.3 is 10.4 Å². The predicted octanol–water partition coefficient (Wildman–Crippen LogP) is 1.40. The Balaban J connectivity index is 1.56. The van der Waals surface area contributed by atoms with Gasteiger partial charge in [0.2, 0.25) is 5.91 Å². The summed E-state index contributed by atoms with van der Waals surface area (Å²) < 4.78 is 0. The summed E-state index contributed by atoms with van der Waals surface area (Å²) in [5.41, 5.74) is 0. The minimum Gasteiger partial charge on any atom is -0.481 e. The lowest BCUT2D eigenvalue weighted by molar-refractivity contribution is -0.142. The first-order chi connectivity index (χ1) is 8.18. The van der Waals surface area contributed by atoms with Crippen molar-refractivity contribution >= 4 is 11.9 Å². The van der Waals surface area contributed by atoms with Crippen LogP contribution in [0.1, 0.15) is 38.5 Å². The van der Waals surface area contributed by atoms with Crippen LogP contribution in [0.15, 0.2) is 0 Å². The van der Waals surface area contributed by atoms with E-state index in [1.165, 1.54) is 19.3 Å². The number of hydrogen-bond donors (Lipinski definition) is 2. The molecule has 3 aliphatic carbocycles. The van der Waals surface area contributed by atoms with Crippen LogP contribution >= 0.6 is 0 Å². The van der Waals surface area contributed by atoms with E-state index in [0.717, 1.165) is 12.8 Å². The van der Waals surface area contributed by atoms with Crippen molar-refractivity contribution in [1.29, 1.82) is 0 Å². The second-order valence-corrected chi connectivity index (χ2v) is 5.78. The smallest absolute Gasteiger partial charge is 0.308 e. The molecule has 1 amide bonds. The maximum atomic E-state index is 12.0. The number of amides is 1. The van der Waals surface area contributed by atoms with E-state index < -0.39 is 5.97 Å². The second-order valence-electron chi connectivity index (χ2n) is 5.78. The zero-order valence-corrected chi connectivity index (χ0v) is 9.89. The highest BCUT2D eigenvalue weighted by Gasteiger charge is 2.56. The average Bonchev–Trinajstić information content (AvgIpc) is 2.71. The van der Waals surface area contributed by atoms with Crippen molar-refractivity contribution in [3.63, 3.8) is 0 Å². The van der Waals surface area contributed by atoms with Crippen LogP contribution in [-0.2, 0) is 9.59 Å². The highest BCUT2D eigenvalue weighted by Crippen LogP contribution is 2.57. The Hall–Kier alpha value is -1.06. The fraction of sp³-hybridized carbons (Fsp3) is 0.846. The standard InChI is InChI=1S/C13H19NO3/c15-12(11-7-3-1-4-8(7)11)14-10-6-2-5-9(10)13(16)17/h7-11H,1-6H2,(H,14,15)(H,16,17). The molecule has 4 atom stereocenters. The van der Waals surface area contributed by atoms with E-state index in [1.54, 1.807) is 0 Å². The number of carbonyl (C=O) groups is 2. The van der Waals surface area contributed by atoms with Gasteiger partial charge in [0.1, 0.15) is 0 Å². The van der Waals surface area contributed by atoms with Gasteiger partial charge in [-0.05, 0) is 37.5 Å². The summed E-state index contributed by atoms with van der Waals surface area (Å²) in [6.07, 6.45) is 6.09. The van der Waals surface area contributed by atoms with Crippen molar-refractivity contribution in [2.45, 2.75) is 44.6 Å². The summed E-state index contributed by atoms with van der Waals surface area (Å²) >= 11 is 0. The van der Waals surface area contributed by atoms with Gasteiger partial charge in [-0.2, -0.15) is 0 Å². The van der Waals surface area contributed by atoms with Crippen LogP contribution in [0.25, 0.3) is 0 Å². The Morgan fingerprint density at radius 3 is 2.29 bits per heavy atom. The van der Waals surface area contributed by atoms with E-state index in [0.29, 0.717) is 18.3 Å². The molecule has 0 heterocycles. The van der Waals surface area contributed by atoms with Gasteiger partial charge in [0.15, 0.2) is 0 Å². The van der Waals surface area contributed by atoms with Crippen molar-refractivity contribution < 1.29 is 14.7 Å². The minimum atomic E-state index is -0.760. The number of carboxylic acids is 1. The van der Waals surface area contributed by atoms with Crippen LogP contribution < -0.4 is 5.32 Å². The Bertz CT molecular complexity index is 345. The molecule has 3 rings (SSSR count). The molecule has 0 spiro atoms. The molecule has 3 aliphatic rings. The van der Waals surface area contributed by atoms with Crippen molar-refractivity contribution in [3.05, 3.63) is 0 Å². The molecule has 0 aromatic heterocycles. The molecule has 4 unspecified atom stereocenters. The second kappa shape index (κ2) is 4.00. The number of nitrogens with one attached hydrogen (secondary N) is 1. The van der Waals surface area contributed by atoms with Crippen LogP contribution in [0.5, 0.6) is 0 Å². The highest BCUT2D eigenvalue weighted by molar-refractivity contribution is 5.83. The van der Waals surface area contributed by atoms with Crippen LogP contribution in [0.4, 0.5) is 0 Å². The molecule has 0 aromatic rings. The molecule has 0 aliphatic heterocycles. The number of hydrogen-bond acceptors (Lipinski definition) is 2. The van der Waals surface area contributed by atoms with Gasteiger partial charge in [0.05, 0.1) is 5.92 Å². The Morgan fingerprint density at radius 1 is 1.00 bits per heavy atom. The lowest BCUT2D eigenvalue weighted by Gasteiger charge is -2.18. The molecule has 4 heteroatoms. The molecule has 0 radical (unpaired) electrons. The first-order valence-corrected chi connectivity index (χ1v) is 6.71. The van der Waals surface area contributed by atoms with E-state index in [9.17, 15) is 9.59 Å². The number of fused-ring (bicyclic) bond motifs is 1. The van der Waals surface area contributed by atoms with E-state index in [2.05, 4.69) is 5.32 Å². The fourth-order valence-corrected chi connectivity index (χ4v) is 3.92. The van der Waals surface area contributed by atoms with Gasteiger partial charge in [0, 0.05) is 12.0 Å². The van der Waals surface area contributed by atoms with Crippen molar-refractivity contribution in [3.8, 4) is 0 Å². The first-order valence-electron chi connectivity index (χ1n) is 6.71. The zero-order chi connectivity index (χ0) is 12.0. The molecule has 0 bridgehead atoms. The van der Waals surface area contributed by atoms with Crippen LogP contribution in [-0.4, -0.2) is 23.0 Å². The van der Waals surface area contributed by atoms with E-state index in [1.807, 2.05) is 0 Å². The van der Waals surface area contributed by atoms with Crippen molar-refractivity contribution in [1.82, 2.24) is 5.32 Å². The SMILES string of the molecule is O=C(O)C1CCCC1NC(=O)C1C2CCCC21. The number of carbonyl (C=O) groups excluding carboxylic acids is 1. The summed E-state index contributed by atoms with van der Waals surface area (Å²) in [5, 5.41) is 12.0. The van der Waals surface area contributed by atoms with Gasteiger partial charge in [-0.25, -0.2) is 0 Å². The molecule has 0 saturated heterocycles. The summed E-state index contributed by atoms with van der Waals surface area (Å²) in [6, 6.07) is -0.124. The Morgan fingerprint density at radius 2 is 1.65 bits per heavy atom. The monoisotopic (exact) mass is 237 g/mol. The molecule has 3 saturated carbocycles. The fourth-order valence-electron chi connectivity index (χ4n) is 3.92. The summed E-state index contributed by atoms with van der Waals surface area (Å²) in [5.74, 6) is 0.428. The normalized spacial score (nSPS) is 43.2. The predicted molar refractivity (Wildman–Crippen MR) is 61.2 cm³/mol. The molecule has 3 fully saturated rings. The number of aliphatic carboxylic acids is 1. The van der Waals surface area contributed by atoms with Gasteiger partial charge in [-0.1, -0.05) is 12.8 Å². The molecule has 2 N–H and O–H groups in total. The van der Waals surface area contributed by atoms with Crippen LogP contribution in [0.2, 0.25) is 0 Å². The van der Waals surface area contributed by atoms with E-state index in [-0.39, 0.29) is 23.8 Å². The summed E-state index contributed by atoms with van der Waals surface area (Å²) in [6.45, 7) is 0. The molecule has 17 heavy (non-hydrogen) atoms. The number of carboxylic acid groups (broad SMARTS) is 1. The summed E-state index contributed by atoms with van der Waals surface area (Å²) in [4.78, 5) is 23.1. The third-order valence-electron chi connectivity index (χ3n) is 4.87. The topological polar surface area (TPSA) is 66.4 Å². The maximum Gasteiger partial charge on any atom is 0.308 e. The minimum absolute atomic E-state index is 0.123. The Labute approximate surface area is 101 Å². The first kappa shape index (κ1) is 11.1. The van der Waals surface area contributed by atoms with E-state index in [4.69, 9.17) is 5.11 Å². The van der Waals surface area contributed by atoms with Gasteiger partial charge in [0.25, 0.3) is 0 Å². The highest BCUT2D eigenvalue weighted by atomic mass is 16.4. The zero-order valence-electron chi connectivity index (χ0n) is 9.89. The average molecular weight is 237 g/mol. The molecular weight excluding hydrogens is 218 g/mol. The lowest BCUT2D eigenvalue weighted by Crippen LogP contribution is -2.41. The molecular formula is C13H19NO3. The third-order valence-corrected chi connectivity index (χ3v) is 4.87. The van der Waals surface area contributed by atoms with Gasteiger partial charge in [-0.3, -0.25) is 9.59 Å². The van der Waals surface area contributed by atoms with Gasteiger partial charge >= 0.3 is 5.97 Å². The van der Waals surface area contributed by atoms with E-state index >= 15 is 0 Å². The number of rotatable bonds is 3. The van der Waals surface area contributed by atoms with Gasteiger partial charge in [-0.15, -0.1) is 0 Å². The molecule has 94 valence electrons. The van der Waals surface area contributed by atoms with Crippen molar-refractivity contribution in [2.75, 3.05) is 0 Å². The summed E-state index contributed by atoms with van der Waals surface area (Å²) in [7, 11) is 0. The van der Waals surface area contributed by atoms with Crippen LogP contribution in [0, 0.1) is 23.7 Å². The van der Waals surface area contributed by atoms with Crippen LogP contribution in [0.3, 0.4) is 0 Å². The Kier molecular flexibility index (Phi) is 2.60. The van der Waals surface area contributed by atoms with Crippen molar-refractivity contribution in [2.24, 2.45) is 23.7 Å².